The first-order chi connectivity index (χ1) is 8.61. The van der Waals surface area contributed by atoms with Crippen LogP contribution < -0.4 is 0 Å². The van der Waals surface area contributed by atoms with Crippen LogP contribution in [0.3, 0.4) is 0 Å². The largest absolute Gasteiger partial charge is 0.385 e. The summed E-state index contributed by atoms with van der Waals surface area (Å²) in [4.78, 5) is 0. The van der Waals surface area contributed by atoms with Crippen molar-refractivity contribution in [1.29, 1.82) is 0 Å². The molecule has 0 radical (unpaired) electrons. The molecule has 2 fully saturated rings. The fourth-order valence-electron chi connectivity index (χ4n) is 2.61. The first-order valence-corrected chi connectivity index (χ1v) is 5.97. The molecular formula is C13H15FO4. The minimum atomic E-state index is -1.77. The number of benzene rings is 1. The predicted molar refractivity (Wildman–Crippen MR) is 60.6 cm³/mol. The van der Waals surface area contributed by atoms with Gasteiger partial charge in [0.15, 0.2) is 12.5 Å². The topological polar surface area (TPSA) is 58.9 Å². The van der Waals surface area contributed by atoms with E-state index < -0.39 is 30.3 Å². The number of alkyl halides is 1. The molecule has 2 aliphatic heterocycles. The SMILES string of the molecule is O[C@H]1[C@@H]2OC[C@@H](O2)[C@](O)(Cc2ccccc2)[C@H]1F. The van der Waals surface area contributed by atoms with Gasteiger partial charge in [-0.05, 0) is 5.56 Å². The third-order valence-electron chi connectivity index (χ3n) is 3.65. The van der Waals surface area contributed by atoms with Crippen molar-refractivity contribution >= 4 is 0 Å². The van der Waals surface area contributed by atoms with Crippen molar-refractivity contribution in [2.75, 3.05) is 6.61 Å². The maximum Gasteiger partial charge on any atom is 0.187 e. The van der Waals surface area contributed by atoms with Gasteiger partial charge in [-0.2, -0.15) is 0 Å². The van der Waals surface area contributed by atoms with Crippen LogP contribution in [-0.2, 0) is 15.9 Å². The zero-order valence-electron chi connectivity index (χ0n) is 9.70. The second-order valence-electron chi connectivity index (χ2n) is 4.87. The Labute approximate surface area is 104 Å². The lowest BCUT2D eigenvalue weighted by atomic mass is 9.81. The molecule has 3 rings (SSSR count). The second kappa shape index (κ2) is 4.28. The van der Waals surface area contributed by atoms with Crippen LogP contribution in [0.5, 0.6) is 0 Å². The van der Waals surface area contributed by atoms with Gasteiger partial charge >= 0.3 is 0 Å². The average molecular weight is 254 g/mol. The molecule has 2 bridgehead atoms. The molecule has 2 heterocycles. The number of aliphatic hydroxyl groups excluding tert-OH is 1. The normalized spacial score (nSPS) is 43.1. The average Bonchev–Trinajstić information content (AvgIpc) is 2.84. The van der Waals surface area contributed by atoms with Crippen LogP contribution in [-0.4, -0.2) is 47.1 Å². The number of hydrogen-bond acceptors (Lipinski definition) is 4. The van der Waals surface area contributed by atoms with Gasteiger partial charge in [0.1, 0.15) is 17.8 Å². The number of fused-ring (bicyclic) bond motifs is 2. The summed E-state index contributed by atoms with van der Waals surface area (Å²) in [6, 6.07) is 9.10. The molecule has 0 saturated carbocycles. The van der Waals surface area contributed by atoms with Gasteiger partial charge in [0, 0.05) is 6.42 Å². The molecule has 0 aliphatic carbocycles. The van der Waals surface area contributed by atoms with E-state index in [-0.39, 0.29) is 13.0 Å². The van der Waals surface area contributed by atoms with Crippen LogP contribution in [0, 0.1) is 0 Å². The zero-order valence-corrected chi connectivity index (χ0v) is 9.70. The summed E-state index contributed by atoms with van der Waals surface area (Å²) in [5, 5.41) is 20.2. The highest BCUT2D eigenvalue weighted by molar-refractivity contribution is 5.20. The van der Waals surface area contributed by atoms with Crippen molar-refractivity contribution in [3.63, 3.8) is 0 Å². The van der Waals surface area contributed by atoms with Gasteiger partial charge in [0.05, 0.1) is 6.61 Å². The Kier molecular flexibility index (Phi) is 2.86. The summed E-state index contributed by atoms with van der Waals surface area (Å²) in [6.07, 6.45) is -4.82. The Bertz CT molecular complexity index is 426. The highest BCUT2D eigenvalue weighted by Crippen LogP contribution is 2.39. The van der Waals surface area contributed by atoms with E-state index in [1.165, 1.54) is 0 Å². The maximum atomic E-state index is 14.2. The minimum absolute atomic E-state index is 0.0901. The molecule has 0 unspecified atom stereocenters. The van der Waals surface area contributed by atoms with Crippen molar-refractivity contribution < 1.29 is 24.1 Å². The zero-order chi connectivity index (χ0) is 12.8. The predicted octanol–water partition coefficient (Wildman–Crippen LogP) is 0.414. The van der Waals surface area contributed by atoms with Gasteiger partial charge in [0.2, 0.25) is 0 Å². The summed E-state index contributed by atoms with van der Waals surface area (Å²) in [5.74, 6) is 0. The smallest absolute Gasteiger partial charge is 0.187 e. The van der Waals surface area contributed by atoms with Crippen LogP contribution in [0.15, 0.2) is 30.3 Å². The van der Waals surface area contributed by atoms with Crippen molar-refractivity contribution in [3.8, 4) is 0 Å². The fourth-order valence-corrected chi connectivity index (χ4v) is 2.61. The quantitative estimate of drug-likeness (QED) is 0.803. The second-order valence-corrected chi connectivity index (χ2v) is 4.87. The number of ether oxygens (including phenoxy) is 2. The molecule has 0 aromatic heterocycles. The standard InChI is InChI=1S/C13H15FO4/c14-11-10(15)12-17-7-9(18-12)13(11,16)6-8-4-2-1-3-5-8/h1-5,9-12,15-16H,6-7H2/t9-,10-,11+,12-,13-/m1/s1. The molecular weight excluding hydrogens is 239 g/mol. The Morgan fingerprint density at radius 3 is 2.78 bits per heavy atom. The number of halogens is 1. The highest BCUT2D eigenvalue weighted by Gasteiger charge is 2.59. The van der Waals surface area contributed by atoms with Crippen LogP contribution in [0.4, 0.5) is 4.39 Å². The van der Waals surface area contributed by atoms with Crippen molar-refractivity contribution in [1.82, 2.24) is 0 Å². The van der Waals surface area contributed by atoms with E-state index >= 15 is 0 Å². The third kappa shape index (κ3) is 1.75. The molecule has 1 aromatic carbocycles. The first kappa shape index (κ1) is 12.0. The van der Waals surface area contributed by atoms with Crippen molar-refractivity contribution in [2.24, 2.45) is 0 Å². The van der Waals surface area contributed by atoms with Crippen LogP contribution in [0.2, 0.25) is 0 Å². The summed E-state index contributed by atoms with van der Waals surface area (Å²) in [5.41, 5.74) is -0.947. The number of aliphatic hydroxyl groups is 2. The molecule has 98 valence electrons. The molecule has 0 amide bonds. The Morgan fingerprint density at radius 1 is 1.33 bits per heavy atom. The van der Waals surface area contributed by atoms with E-state index in [1.807, 2.05) is 18.2 Å². The molecule has 18 heavy (non-hydrogen) atoms. The molecule has 2 saturated heterocycles. The summed E-state index contributed by atoms with van der Waals surface area (Å²) in [6.45, 7) is 0.103. The van der Waals surface area contributed by atoms with E-state index in [2.05, 4.69) is 0 Å². The maximum absolute atomic E-state index is 14.2. The van der Waals surface area contributed by atoms with E-state index in [0.29, 0.717) is 0 Å². The Balaban J connectivity index is 1.88. The lowest BCUT2D eigenvalue weighted by Crippen LogP contribution is -2.62. The Hall–Kier alpha value is -1.01. The molecule has 4 nitrogen and oxygen atoms in total. The van der Waals surface area contributed by atoms with Gasteiger partial charge in [0.25, 0.3) is 0 Å². The van der Waals surface area contributed by atoms with Gasteiger partial charge in [-0.15, -0.1) is 0 Å². The molecule has 2 aliphatic rings. The molecule has 5 atom stereocenters. The lowest BCUT2D eigenvalue weighted by molar-refractivity contribution is -0.248. The third-order valence-corrected chi connectivity index (χ3v) is 3.65. The summed E-state index contributed by atoms with van der Waals surface area (Å²) < 4.78 is 24.6. The summed E-state index contributed by atoms with van der Waals surface area (Å²) >= 11 is 0. The van der Waals surface area contributed by atoms with E-state index in [4.69, 9.17) is 9.47 Å². The van der Waals surface area contributed by atoms with Gasteiger partial charge in [-0.3, -0.25) is 0 Å². The monoisotopic (exact) mass is 254 g/mol. The molecule has 5 heteroatoms. The molecule has 1 aromatic rings. The van der Waals surface area contributed by atoms with Crippen molar-refractivity contribution in [2.45, 2.75) is 36.7 Å². The van der Waals surface area contributed by atoms with Gasteiger partial charge in [-0.25, -0.2) is 4.39 Å². The molecule has 0 spiro atoms. The first-order valence-electron chi connectivity index (χ1n) is 5.97. The fraction of sp³-hybridized carbons (Fsp3) is 0.538. The lowest BCUT2D eigenvalue weighted by Gasteiger charge is -2.41. The van der Waals surface area contributed by atoms with Crippen LogP contribution in [0.1, 0.15) is 5.56 Å². The number of hydrogen-bond donors (Lipinski definition) is 2. The summed E-state index contributed by atoms with van der Waals surface area (Å²) in [7, 11) is 0. The Morgan fingerprint density at radius 2 is 2.06 bits per heavy atom. The highest BCUT2D eigenvalue weighted by atomic mass is 19.1. The van der Waals surface area contributed by atoms with Gasteiger partial charge in [-0.1, -0.05) is 30.3 Å². The number of rotatable bonds is 2. The van der Waals surface area contributed by atoms with E-state index in [0.717, 1.165) is 5.56 Å². The van der Waals surface area contributed by atoms with E-state index in [1.54, 1.807) is 12.1 Å². The van der Waals surface area contributed by atoms with Crippen LogP contribution >= 0.6 is 0 Å². The van der Waals surface area contributed by atoms with Gasteiger partial charge < -0.3 is 19.7 Å². The minimum Gasteiger partial charge on any atom is -0.385 e. The van der Waals surface area contributed by atoms with Crippen LogP contribution in [0.25, 0.3) is 0 Å². The van der Waals surface area contributed by atoms with E-state index in [9.17, 15) is 14.6 Å². The van der Waals surface area contributed by atoms with Crippen molar-refractivity contribution in [3.05, 3.63) is 35.9 Å². The molecule has 2 N–H and O–H groups in total.